The van der Waals surface area contributed by atoms with E-state index in [0.717, 1.165) is 15.7 Å². The Morgan fingerprint density at radius 1 is 1.46 bits per heavy atom. The molecule has 0 spiro atoms. The number of likely N-dealkylation sites (tertiary alicyclic amines) is 1. The largest absolute Gasteiger partial charge is 0.339 e. The molecular weight excluding hydrogens is 390 g/mol. The molecular formula is C17H18BrN3O2S. The summed E-state index contributed by atoms with van der Waals surface area (Å²) in [6.07, 6.45) is 0.272. The van der Waals surface area contributed by atoms with Crippen LogP contribution in [-0.4, -0.2) is 34.3 Å². The van der Waals surface area contributed by atoms with E-state index < -0.39 is 0 Å². The minimum atomic E-state index is -0.307. The van der Waals surface area contributed by atoms with Gasteiger partial charge in [-0.05, 0) is 26.0 Å². The van der Waals surface area contributed by atoms with Crippen LogP contribution in [0.15, 0.2) is 34.1 Å². The van der Waals surface area contributed by atoms with Gasteiger partial charge >= 0.3 is 0 Å². The first-order valence-corrected chi connectivity index (χ1v) is 9.43. The van der Waals surface area contributed by atoms with Crippen LogP contribution in [0.3, 0.4) is 0 Å². The Hall–Kier alpha value is -1.73. The van der Waals surface area contributed by atoms with Gasteiger partial charge in [-0.1, -0.05) is 28.1 Å². The van der Waals surface area contributed by atoms with Crippen LogP contribution < -0.4 is 5.32 Å². The summed E-state index contributed by atoms with van der Waals surface area (Å²) in [5.41, 5.74) is 1.81. The van der Waals surface area contributed by atoms with Gasteiger partial charge in [0.1, 0.15) is 0 Å². The predicted molar refractivity (Wildman–Crippen MR) is 98.8 cm³/mol. The first-order chi connectivity index (χ1) is 11.4. The molecule has 1 unspecified atom stereocenters. The van der Waals surface area contributed by atoms with Gasteiger partial charge in [-0.2, -0.15) is 0 Å². The molecule has 0 aliphatic carbocycles. The van der Waals surface area contributed by atoms with Crippen LogP contribution in [0.5, 0.6) is 0 Å². The molecule has 7 heteroatoms. The highest BCUT2D eigenvalue weighted by atomic mass is 79.9. The number of nitrogens with one attached hydrogen (secondary N) is 1. The first kappa shape index (κ1) is 17.1. The summed E-state index contributed by atoms with van der Waals surface area (Å²) in [7, 11) is 0. The SMILES string of the molecule is CC(C)N1CC(C(=O)Nc2nc(-c3cccc(Br)c3)cs2)CC1=O. The lowest BCUT2D eigenvalue weighted by molar-refractivity contribution is -0.129. The molecule has 0 radical (unpaired) electrons. The van der Waals surface area contributed by atoms with Gasteiger partial charge in [0.2, 0.25) is 11.8 Å². The maximum Gasteiger partial charge on any atom is 0.231 e. The van der Waals surface area contributed by atoms with Gasteiger partial charge in [0.05, 0.1) is 11.6 Å². The third kappa shape index (κ3) is 3.67. The van der Waals surface area contributed by atoms with E-state index in [1.165, 1.54) is 11.3 Å². The Morgan fingerprint density at radius 3 is 2.92 bits per heavy atom. The minimum Gasteiger partial charge on any atom is -0.339 e. The van der Waals surface area contributed by atoms with E-state index in [9.17, 15) is 9.59 Å². The number of hydrogen-bond acceptors (Lipinski definition) is 4. The summed E-state index contributed by atoms with van der Waals surface area (Å²) in [4.78, 5) is 30.6. The van der Waals surface area contributed by atoms with Crippen molar-refractivity contribution in [2.45, 2.75) is 26.3 Å². The molecule has 24 heavy (non-hydrogen) atoms. The van der Waals surface area contributed by atoms with Crippen LogP contribution >= 0.6 is 27.3 Å². The quantitative estimate of drug-likeness (QED) is 0.838. The van der Waals surface area contributed by atoms with Crippen LogP contribution in [-0.2, 0) is 9.59 Å². The van der Waals surface area contributed by atoms with Crippen LogP contribution in [0, 0.1) is 5.92 Å². The third-order valence-electron chi connectivity index (χ3n) is 4.01. The molecule has 2 heterocycles. The average Bonchev–Trinajstić information content (AvgIpc) is 3.14. The molecule has 0 saturated carbocycles. The van der Waals surface area contributed by atoms with Gasteiger partial charge in [-0.25, -0.2) is 4.98 Å². The zero-order chi connectivity index (χ0) is 17.3. The summed E-state index contributed by atoms with van der Waals surface area (Å²) < 4.78 is 0.983. The molecule has 1 aliphatic heterocycles. The minimum absolute atomic E-state index is 0.0408. The number of thiazole rings is 1. The molecule has 1 aromatic heterocycles. The summed E-state index contributed by atoms with van der Waals surface area (Å²) in [5, 5.41) is 5.32. The second-order valence-corrected chi connectivity index (χ2v) is 7.85. The Bertz CT molecular complexity index is 775. The van der Waals surface area contributed by atoms with Gasteiger partial charge in [0.25, 0.3) is 0 Å². The standard InChI is InChI=1S/C17H18BrN3O2S/c1-10(2)21-8-12(7-15(21)22)16(23)20-17-19-14(9-24-17)11-4-3-5-13(18)6-11/h3-6,9-10,12H,7-8H2,1-2H3,(H,19,20,23). The van der Waals surface area contributed by atoms with Crippen LogP contribution in [0.1, 0.15) is 20.3 Å². The molecule has 1 fully saturated rings. The predicted octanol–water partition coefficient (Wildman–Crippen LogP) is 3.77. The number of hydrogen-bond donors (Lipinski definition) is 1. The molecule has 1 aliphatic rings. The number of halogens is 1. The smallest absolute Gasteiger partial charge is 0.231 e. The number of nitrogens with zero attached hydrogens (tertiary/aromatic N) is 2. The van der Waals surface area contributed by atoms with Crippen molar-refractivity contribution in [1.29, 1.82) is 0 Å². The van der Waals surface area contributed by atoms with Gasteiger partial charge in [0.15, 0.2) is 5.13 Å². The maximum absolute atomic E-state index is 12.4. The van der Waals surface area contributed by atoms with Crippen LogP contribution in [0.4, 0.5) is 5.13 Å². The van der Waals surface area contributed by atoms with Gasteiger partial charge in [-0.3, -0.25) is 9.59 Å². The lowest BCUT2D eigenvalue weighted by atomic mass is 10.1. The fourth-order valence-electron chi connectivity index (χ4n) is 2.73. The molecule has 1 atom stereocenters. The van der Waals surface area contributed by atoms with Crippen molar-refractivity contribution >= 4 is 44.2 Å². The number of carbonyl (C=O) groups is 2. The second kappa shape index (κ2) is 7.03. The topological polar surface area (TPSA) is 62.3 Å². The van der Waals surface area contributed by atoms with Crippen molar-refractivity contribution in [3.8, 4) is 11.3 Å². The van der Waals surface area contributed by atoms with Crippen LogP contribution in [0.2, 0.25) is 0 Å². The highest BCUT2D eigenvalue weighted by Crippen LogP contribution is 2.28. The molecule has 2 aromatic rings. The molecule has 3 rings (SSSR count). The van der Waals surface area contributed by atoms with Crippen molar-refractivity contribution in [3.05, 3.63) is 34.1 Å². The summed E-state index contributed by atoms with van der Waals surface area (Å²) in [6, 6.07) is 7.98. The zero-order valence-electron chi connectivity index (χ0n) is 13.5. The summed E-state index contributed by atoms with van der Waals surface area (Å²) >= 11 is 4.83. The van der Waals surface area contributed by atoms with Crippen molar-refractivity contribution in [1.82, 2.24) is 9.88 Å². The Kier molecular flexibility index (Phi) is 5.01. The lowest BCUT2D eigenvalue weighted by Crippen LogP contribution is -2.33. The van der Waals surface area contributed by atoms with E-state index in [1.54, 1.807) is 4.90 Å². The van der Waals surface area contributed by atoms with Gasteiger partial charge < -0.3 is 10.2 Å². The number of amides is 2. The monoisotopic (exact) mass is 407 g/mol. The molecule has 1 N–H and O–H groups in total. The Balaban J connectivity index is 1.67. The summed E-state index contributed by atoms with van der Waals surface area (Å²) in [5.74, 6) is -0.404. The molecule has 1 aromatic carbocycles. The van der Waals surface area contributed by atoms with E-state index in [4.69, 9.17) is 0 Å². The molecule has 126 valence electrons. The van der Waals surface area contributed by atoms with E-state index >= 15 is 0 Å². The second-order valence-electron chi connectivity index (χ2n) is 6.08. The molecule has 1 saturated heterocycles. The maximum atomic E-state index is 12.4. The van der Waals surface area contributed by atoms with E-state index in [2.05, 4.69) is 26.2 Å². The van der Waals surface area contributed by atoms with Crippen molar-refractivity contribution in [2.24, 2.45) is 5.92 Å². The fraction of sp³-hybridized carbons (Fsp3) is 0.353. The Morgan fingerprint density at radius 2 is 2.25 bits per heavy atom. The van der Waals surface area contributed by atoms with Crippen LogP contribution in [0.25, 0.3) is 11.3 Å². The average molecular weight is 408 g/mol. The first-order valence-electron chi connectivity index (χ1n) is 7.76. The van der Waals surface area contributed by atoms with Gasteiger partial charge in [0, 0.05) is 34.4 Å². The van der Waals surface area contributed by atoms with Crippen molar-refractivity contribution in [3.63, 3.8) is 0 Å². The van der Waals surface area contributed by atoms with E-state index in [-0.39, 0.29) is 30.2 Å². The normalized spacial score (nSPS) is 17.6. The molecule has 0 bridgehead atoms. The number of rotatable bonds is 4. The fourth-order valence-corrected chi connectivity index (χ4v) is 3.85. The van der Waals surface area contributed by atoms with Gasteiger partial charge in [-0.15, -0.1) is 11.3 Å². The Labute approximate surface area is 153 Å². The summed E-state index contributed by atoms with van der Waals surface area (Å²) in [6.45, 7) is 4.40. The zero-order valence-corrected chi connectivity index (χ0v) is 15.9. The van der Waals surface area contributed by atoms with E-state index in [1.807, 2.05) is 43.5 Å². The highest BCUT2D eigenvalue weighted by molar-refractivity contribution is 9.10. The third-order valence-corrected chi connectivity index (χ3v) is 5.26. The van der Waals surface area contributed by atoms with E-state index in [0.29, 0.717) is 11.7 Å². The van der Waals surface area contributed by atoms with Crippen molar-refractivity contribution in [2.75, 3.05) is 11.9 Å². The number of aromatic nitrogens is 1. The number of benzene rings is 1. The highest BCUT2D eigenvalue weighted by Gasteiger charge is 2.35. The lowest BCUT2D eigenvalue weighted by Gasteiger charge is -2.20. The number of anilines is 1. The molecule has 2 amide bonds. The molecule has 5 nitrogen and oxygen atoms in total. The number of carbonyl (C=O) groups excluding carboxylic acids is 2. The van der Waals surface area contributed by atoms with Crippen molar-refractivity contribution < 1.29 is 9.59 Å².